The minimum Gasteiger partial charge on any atom is -0.377 e. The third-order valence-electron chi connectivity index (χ3n) is 5.44. The Hall–Kier alpha value is -1.80. The summed E-state index contributed by atoms with van der Waals surface area (Å²) in [7, 11) is 1.81. The second-order valence-electron chi connectivity index (χ2n) is 7.49. The van der Waals surface area contributed by atoms with Gasteiger partial charge in [0, 0.05) is 39.0 Å². The van der Waals surface area contributed by atoms with Gasteiger partial charge in [0.15, 0.2) is 5.96 Å². The number of ether oxygens (including phenoxy) is 1. The third kappa shape index (κ3) is 6.87. The quantitative estimate of drug-likeness (QED) is 0.295. The van der Waals surface area contributed by atoms with Gasteiger partial charge in [0.2, 0.25) is 0 Å². The molecule has 1 atom stereocenters. The minimum atomic E-state index is 0. The van der Waals surface area contributed by atoms with Crippen molar-refractivity contribution in [3.63, 3.8) is 0 Å². The van der Waals surface area contributed by atoms with Crippen LogP contribution in [-0.2, 0) is 17.9 Å². The van der Waals surface area contributed by atoms with E-state index in [0.717, 1.165) is 25.7 Å². The van der Waals surface area contributed by atoms with Gasteiger partial charge >= 0.3 is 0 Å². The number of hydrogen-bond donors (Lipinski definition) is 2. The molecule has 0 aromatic heterocycles. The van der Waals surface area contributed by atoms with Gasteiger partial charge in [-0.05, 0) is 55.5 Å². The van der Waals surface area contributed by atoms with Crippen LogP contribution in [0.25, 0.3) is 0 Å². The smallest absolute Gasteiger partial charge is 0.191 e. The monoisotopic (exact) mass is 522 g/mol. The summed E-state index contributed by atoms with van der Waals surface area (Å²) in [6, 6.07) is 17.4. The zero-order valence-electron chi connectivity index (χ0n) is 18.4. The largest absolute Gasteiger partial charge is 0.377 e. The predicted molar refractivity (Wildman–Crippen MR) is 137 cm³/mol. The molecule has 0 amide bonds. The minimum absolute atomic E-state index is 0. The van der Waals surface area contributed by atoms with Crippen LogP contribution in [0.4, 0.5) is 5.69 Å². The summed E-state index contributed by atoms with van der Waals surface area (Å²) in [6.07, 6.45) is 2.58. The van der Waals surface area contributed by atoms with Crippen LogP contribution in [0.15, 0.2) is 53.5 Å². The predicted octanol–water partition coefficient (Wildman–Crippen LogP) is 4.87. The number of nitrogens with zero attached hydrogens (tertiary/aromatic N) is 2. The molecule has 2 aromatic rings. The zero-order valence-corrected chi connectivity index (χ0v) is 20.7. The second-order valence-corrected chi connectivity index (χ2v) is 7.49. The van der Waals surface area contributed by atoms with E-state index in [-0.39, 0.29) is 30.0 Å². The Kier molecular flexibility index (Phi) is 10.4. The van der Waals surface area contributed by atoms with Crippen molar-refractivity contribution >= 4 is 35.6 Å². The van der Waals surface area contributed by atoms with E-state index >= 15 is 0 Å². The summed E-state index contributed by atoms with van der Waals surface area (Å²) < 4.78 is 5.59. The first kappa shape index (κ1) is 24.5. The Labute approximate surface area is 198 Å². The molecule has 1 aliphatic rings. The molecule has 2 N–H and O–H groups in total. The molecule has 0 saturated carbocycles. The van der Waals surface area contributed by atoms with Gasteiger partial charge in [-0.2, -0.15) is 0 Å². The molecule has 0 spiro atoms. The Balaban J connectivity index is 0.00000320. The van der Waals surface area contributed by atoms with Gasteiger partial charge in [-0.25, -0.2) is 0 Å². The Morgan fingerprint density at radius 2 is 1.83 bits per heavy atom. The highest BCUT2D eigenvalue weighted by atomic mass is 127. The first-order valence-corrected chi connectivity index (χ1v) is 10.7. The van der Waals surface area contributed by atoms with E-state index in [4.69, 9.17) is 4.74 Å². The zero-order chi connectivity index (χ0) is 20.5. The van der Waals surface area contributed by atoms with Crippen LogP contribution in [0.2, 0.25) is 0 Å². The van der Waals surface area contributed by atoms with E-state index in [1.807, 2.05) is 14.0 Å². The Morgan fingerprint density at radius 1 is 1.10 bits per heavy atom. The first-order chi connectivity index (χ1) is 14.2. The molecule has 164 valence electrons. The fraction of sp³-hybridized carbons (Fsp3) is 0.458. The number of nitrogens with one attached hydrogen (secondary N) is 2. The summed E-state index contributed by atoms with van der Waals surface area (Å²) in [4.78, 5) is 6.88. The average Bonchev–Trinajstić information content (AvgIpc) is 3.30. The van der Waals surface area contributed by atoms with E-state index < -0.39 is 0 Å². The number of halogens is 1. The molecule has 0 aliphatic carbocycles. The summed E-state index contributed by atoms with van der Waals surface area (Å²) in [5.74, 6) is 0.801. The number of anilines is 1. The van der Waals surface area contributed by atoms with Crippen molar-refractivity contribution in [3.8, 4) is 0 Å². The lowest BCUT2D eigenvalue weighted by Gasteiger charge is -2.22. The average molecular weight is 522 g/mol. The summed E-state index contributed by atoms with van der Waals surface area (Å²) in [5, 5.41) is 6.97. The first-order valence-electron chi connectivity index (χ1n) is 10.7. The van der Waals surface area contributed by atoms with Gasteiger partial charge in [0.05, 0.1) is 12.6 Å². The topological polar surface area (TPSA) is 48.9 Å². The van der Waals surface area contributed by atoms with E-state index in [2.05, 4.69) is 76.0 Å². The molecule has 6 heteroatoms. The fourth-order valence-electron chi connectivity index (χ4n) is 3.71. The van der Waals surface area contributed by atoms with Crippen LogP contribution in [-0.4, -0.2) is 32.7 Å². The number of benzene rings is 2. The van der Waals surface area contributed by atoms with Gasteiger partial charge in [-0.3, -0.25) is 4.99 Å². The van der Waals surface area contributed by atoms with Crippen LogP contribution in [0.5, 0.6) is 0 Å². The fourth-order valence-corrected chi connectivity index (χ4v) is 3.71. The molecule has 1 fully saturated rings. The van der Waals surface area contributed by atoms with Crippen molar-refractivity contribution in [1.82, 2.24) is 10.6 Å². The van der Waals surface area contributed by atoms with Gasteiger partial charge in [0.1, 0.15) is 0 Å². The van der Waals surface area contributed by atoms with E-state index in [1.165, 1.54) is 35.2 Å². The third-order valence-corrected chi connectivity index (χ3v) is 5.44. The molecule has 1 aliphatic heterocycles. The normalized spacial score (nSPS) is 14.9. The van der Waals surface area contributed by atoms with Crippen LogP contribution >= 0.6 is 24.0 Å². The molecule has 1 saturated heterocycles. The Bertz CT molecular complexity index is 805. The molecule has 3 rings (SSSR count). The summed E-state index contributed by atoms with van der Waals surface area (Å²) >= 11 is 0. The van der Waals surface area contributed by atoms with E-state index in [1.54, 1.807) is 0 Å². The van der Waals surface area contributed by atoms with Crippen LogP contribution < -0.4 is 15.5 Å². The highest BCUT2D eigenvalue weighted by Gasteiger charge is 2.14. The molecule has 0 bridgehead atoms. The lowest BCUT2D eigenvalue weighted by Crippen LogP contribution is -2.38. The van der Waals surface area contributed by atoms with E-state index in [0.29, 0.717) is 13.2 Å². The lowest BCUT2D eigenvalue weighted by molar-refractivity contribution is 0.133. The van der Waals surface area contributed by atoms with Crippen molar-refractivity contribution in [2.75, 3.05) is 31.6 Å². The highest BCUT2D eigenvalue weighted by molar-refractivity contribution is 14.0. The van der Waals surface area contributed by atoms with Crippen LogP contribution in [0.1, 0.15) is 49.4 Å². The number of aliphatic imine (C=N–C) groups is 1. The second kappa shape index (κ2) is 12.8. The van der Waals surface area contributed by atoms with Gasteiger partial charge in [-0.15, -0.1) is 24.0 Å². The van der Waals surface area contributed by atoms with Gasteiger partial charge in [0.25, 0.3) is 0 Å². The van der Waals surface area contributed by atoms with Gasteiger partial charge in [-0.1, -0.05) is 36.4 Å². The lowest BCUT2D eigenvalue weighted by atomic mass is 10.1. The molecular weight excluding hydrogens is 487 g/mol. The van der Waals surface area contributed by atoms with Crippen molar-refractivity contribution < 1.29 is 4.74 Å². The van der Waals surface area contributed by atoms with Crippen LogP contribution in [0.3, 0.4) is 0 Å². The molecule has 30 heavy (non-hydrogen) atoms. The van der Waals surface area contributed by atoms with E-state index in [9.17, 15) is 0 Å². The molecule has 2 aromatic carbocycles. The van der Waals surface area contributed by atoms with Crippen LogP contribution in [0, 0.1) is 0 Å². The molecule has 5 nitrogen and oxygen atoms in total. The van der Waals surface area contributed by atoms with Gasteiger partial charge < -0.3 is 20.3 Å². The molecule has 1 heterocycles. The number of rotatable bonds is 8. The maximum absolute atomic E-state index is 5.59. The number of guanidine groups is 1. The highest BCUT2D eigenvalue weighted by Crippen LogP contribution is 2.24. The van der Waals surface area contributed by atoms with Crippen molar-refractivity contribution in [1.29, 1.82) is 0 Å². The molecule has 0 radical (unpaired) electrons. The standard InChI is InChI=1S/C24H34N4O.HI/c1-4-29-18-22-11-6-5-10-21(22)17-26-24(25-3)27-19(2)20-12-9-13-23(16-20)28-14-7-8-15-28;/h5-6,9-13,16,19H,4,7-8,14-15,17-18H2,1-3H3,(H2,25,26,27);1H. The summed E-state index contributed by atoms with van der Waals surface area (Å²) in [6.45, 7) is 8.60. The van der Waals surface area contributed by atoms with Crippen molar-refractivity contribution in [2.45, 2.75) is 45.9 Å². The maximum Gasteiger partial charge on any atom is 0.191 e. The number of hydrogen-bond acceptors (Lipinski definition) is 3. The maximum atomic E-state index is 5.59. The van der Waals surface area contributed by atoms with Crippen molar-refractivity contribution in [2.24, 2.45) is 4.99 Å². The van der Waals surface area contributed by atoms with Crippen molar-refractivity contribution in [3.05, 3.63) is 65.2 Å². The SMILES string of the molecule is CCOCc1ccccc1CNC(=NC)NC(C)c1cccc(N2CCCC2)c1.I. The molecule has 1 unspecified atom stereocenters. The molecular formula is C24H35IN4O. The Morgan fingerprint density at radius 3 is 2.53 bits per heavy atom. The summed E-state index contributed by atoms with van der Waals surface area (Å²) in [5.41, 5.74) is 5.03.